The molecule has 8 heteroatoms. The highest BCUT2D eigenvalue weighted by Crippen LogP contribution is 2.14. The molecule has 1 aromatic heterocycles. The quantitative estimate of drug-likeness (QED) is 0.785. The molecule has 0 N–H and O–H groups in total. The summed E-state index contributed by atoms with van der Waals surface area (Å²) in [5.41, 5.74) is 1.04. The minimum atomic E-state index is 0.0213. The zero-order valence-electron chi connectivity index (χ0n) is 11.2. The van der Waals surface area contributed by atoms with E-state index in [9.17, 15) is 4.79 Å². The van der Waals surface area contributed by atoms with Crippen molar-refractivity contribution < 1.29 is 4.79 Å². The first-order chi connectivity index (χ1) is 9.56. The van der Waals surface area contributed by atoms with Gasteiger partial charge in [-0.15, -0.1) is 5.10 Å². The van der Waals surface area contributed by atoms with Crippen molar-refractivity contribution in [3.63, 3.8) is 0 Å². The van der Waals surface area contributed by atoms with Gasteiger partial charge >= 0.3 is 0 Å². The molecule has 0 unspecified atom stereocenters. The largest absolute Gasteiger partial charge is 0.341 e. The molecule has 2 aromatic rings. The first-order valence-electron chi connectivity index (χ1n) is 5.90. The molecule has 0 radical (unpaired) electrons. The highest BCUT2D eigenvalue weighted by Gasteiger charge is 2.12. The molecule has 1 aromatic carbocycles. The SMILES string of the molecule is CN(Cc1ccc(Cl)cc1)C(=O)CSc1nnnn1C. The molecule has 2 rings (SSSR count). The number of tetrazole rings is 1. The number of amides is 1. The van der Waals surface area contributed by atoms with E-state index in [2.05, 4.69) is 15.5 Å². The summed E-state index contributed by atoms with van der Waals surface area (Å²) in [5.74, 6) is 0.325. The summed E-state index contributed by atoms with van der Waals surface area (Å²) >= 11 is 7.15. The fourth-order valence-electron chi connectivity index (χ4n) is 1.53. The highest BCUT2D eigenvalue weighted by atomic mass is 35.5. The predicted molar refractivity (Wildman–Crippen MR) is 77.4 cm³/mol. The summed E-state index contributed by atoms with van der Waals surface area (Å²) in [5, 5.41) is 12.4. The van der Waals surface area contributed by atoms with Gasteiger partial charge in [-0.25, -0.2) is 4.68 Å². The van der Waals surface area contributed by atoms with E-state index in [-0.39, 0.29) is 5.91 Å². The van der Waals surface area contributed by atoms with Gasteiger partial charge in [-0.3, -0.25) is 4.79 Å². The molecule has 0 spiro atoms. The van der Waals surface area contributed by atoms with Gasteiger partial charge in [0.1, 0.15) is 0 Å². The van der Waals surface area contributed by atoms with Crippen molar-refractivity contribution in [2.24, 2.45) is 7.05 Å². The Morgan fingerprint density at radius 1 is 1.40 bits per heavy atom. The van der Waals surface area contributed by atoms with Gasteiger partial charge in [0, 0.05) is 25.7 Å². The Hall–Kier alpha value is -1.60. The molecule has 0 saturated carbocycles. The maximum Gasteiger partial charge on any atom is 0.233 e. The number of carbonyl (C=O) groups excluding carboxylic acids is 1. The first-order valence-corrected chi connectivity index (χ1v) is 7.26. The van der Waals surface area contributed by atoms with Crippen LogP contribution in [0.3, 0.4) is 0 Å². The number of rotatable bonds is 5. The summed E-state index contributed by atoms with van der Waals surface area (Å²) in [6, 6.07) is 7.45. The average Bonchev–Trinajstić information content (AvgIpc) is 2.84. The van der Waals surface area contributed by atoms with Gasteiger partial charge in [0.2, 0.25) is 11.1 Å². The standard InChI is InChI=1S/C12H14ClN5OS/c1-17(7-9-3-5-10(13)6-4-9)11(19)8-20-12-14-15-16-18(12)2/h3-6H,7-8H2,1-2H3. The number of hydrogen-bond acceptors (Lipinski definition) is 5. The van der Waals surface area contributed by atoms with E-state index in [4.69, 9.17) is 11.6 Å². The number of aromatic nitrogens is 4. The maximum absolute atomic E-state index is 12.0. The number of carbonyl (C=O) groups is 1. The molecule has 1 heterocycles. The second kappa shape index (κ2) is 6.71. The van der Waals surface area contributed by atoms with Gasteiger partial charge in [0.15, 0.2) is 0 Å². The van der Waals surface area contributed by atoms with Crippen LogP contribution in [0.15, 0.2) is 29.4 Å². The number of thioether (sulfide) groups is 1. The van der Waals surface area contributed by atoms with Gasteiger partial charge in [-0.1, -0.05) is 35.5 Å². The highest BCUT2D eigenvalue weighted by molar-refractivity contribution is 7.99. The zero-order valence-corrected chi connectivity index (χ0v) is 12.7. The smallest absolute Gasteiger partial charge is 0.233 e. The van der Waals surface area contributed by atoms with Crippen molar-refractivity contribution in [3.8, 4) is 0 Å². The first kappa shape index (κ1) is 14.8. The molecule has 106 valence electrons. The molecule has 0 fully saturated rings. The monoisotopic (exact) mass is 311 g/mol. The van der Waals surface area contributed by atoms with Crippen molar-refractivity contribution in [1.82, 2.24) is 25.1 Å². The van der Waals surface area contributed by atoms with Crippen LogP contribution in [0.5, 0.6) is 0 Å². The Balaban J connectivity index is 1.86. The van der Waals surface area contributed by atoms with Gasteiger partial charge in [0.05, 0.1) is 5.75 Å². The lowest BCUT2D eigenvalue weighted by Gasteiger charge is -2.16. The summed E-state index contributed by atoms with van der Waals surface area (Å²) in [4.78, 5) is 13.7. The topological polar surface area (TPSA) is 63.9 Å². The summed E-state index contributed by atoms with van der Waals surface area (Å²) in [6.45, 7) is 0.549. The van der Waals surface area contributed by atoms with E-state index < -0.39 is 0 Å². The Bertz CT molecular complexity index is 586. The van der Waals surface area contributed by atoms with E-state index in [0.29, 0.717) is 22.5 Å². The molecule has 0 atom stereocenters. The summed E-state index contributed by atoms with van der Waals surface area (Å²) in [7, 11) is 3.51. The third-order valence-electron chi connectivity index (χ3n) is 2.66. The second-order valence-electron chi connectivity index (χ2n) is 4.25. The molecule has 20 heavy (non-hydrogen) atoms. The van der Waals surface area contributed by atoms with Crippen LogP contribution in [0.2, 0.25) is 5.02 Å². The Morgan fingerprint density at radius 2 is 2.10 bits per heavy atom. The molecule has 6 nitrogen and oxygen atoms in total. The zero-order chi connectivity index (χ0) is 14.5. The van der Waals surface area contributed by atoms with Gasteiger partial charge in [-0.05, 0) is 28.1 Å². The predicted octanol–water partition coefficient (Wildman–Crippen LogP) is 1.61. The van der Waals surface area contributed by atoms with Crippen LogP contribution in [0, 0.1) is 0 Å². The van der Waals surface area contributed by atoms with Crippen molar-refractivity contribution in [3.05, 3.63) is 34.9 Å². The fraction of sp³-hybridized carbons (Fsp3) is 0.333. The molecule has 0 aliphatic carbocycles. The Labute approximate surface area is 126 Å². The molecule has 1 amide bonds. The van der Waals surface area contributed by atoms with E-state index >= 15 is 0 Å². The van der Waals surface area contributed by atoms with Crippen LogP contribution in [-0.2, 0) is 18.4 Å². The normalized spacial score (nSPS) is 10.6. The number of nitrogens with zero attached hydrogens (tertiary/aromatic N) is 5. The molecule has 0 aliphatic rings. The van der Waals surface area contributed by atoms with Crippen LogP contribution in [0.25, 0.3) is 0 Å². The Kier molecular flexibility index (Phi) is 4.97. The van der Waals surface area contributed by atoms with Crippen LogP contribution in [-0.4, -0.2) is 43.8 Å². The number of hydrogen-bond donors (Lipinski definition) is 0. The van der Waals surface area contributed by atoms with E-state index in [1.807, 2.05) is 24.3 Å². The number of aryl methyl sites for hydroxylation is 1. The lowest BCUT2D eigenvalue weighted by molar-refractivity contribution is -0.127. The molecular weight excluding hydrogens is 298 g/mol. The third kappa shape index (κ3) is 3.94. The van der Waals surface area contributed by atoms with Crippen molar-refractivity contribution in [2.75, 3.05) is 12.8 Å². The van der Waals surface area contributed by atoms with Crippen LogP contribution >= 0.6 is 23.4 Å². The van der Waals surface area contributed by atoms with Gasteiger partial charge < -0.3 is 4.90 Å². The van der Waals surface area contributed by atoms with E-state index in [1.165, 1.54) is 16.4 Å². The molecular formula is C12H14ClN5OS. The van der Waals surface area contributed by atoms with Gasteiger partial charge in [0.25, 0.3) is 0 Å². The fourth-order valence-corrected chi connectivity index (χ4v) is 2.45. The van der Waals surface area contributed by atoms with E-state index in [0.717, 1.165) is 5.56 Å². The lowest BCUT2D eigenvalue weighted by atomic mass is 10.2. The summed E-state index contributed by atoms with van der Waals surface area (Å²) < 4.78 is 1.54. The maximum atomic E-state index is 12.0. The van der Waals surface area contributed by atoms with Crippen LogP contribution in [0.4, 0.5) is 0 Å². The Morgan fingerprint density at radius 3 is 2.70 bits per heavy atom. The number of benzene rings is 1. The van der Waals surface area contributed by atoms with Crippen molar-refractivity contribution in [2.45, 2.75) is 11.7 Å². The second-order valence-corrected chi connectivity index (χ2v) is 5.63. The minimum Gasteiger partial charge on any atom is -0.341 e. The molecule has 0 bridgehead atoms. The van der Waals surface area contributed by atoms with Crippen LogP contribution < -0.4 is 0 Å². The lowest BCUT2D eigenvalue weighted by Crippen LogP contribution is -2.27. The molecule has 0 saturated heterocycles. The average molecular weight is 312 g/mol. The van der Waals surface area contributed by atoms with Crippen molar-refractivity contribution >= 4 is 29.3 Å². The molecule has 0 aliphatic heterocycles. The van der Waals surface area contributed by atoms with E-state index in [1.54, 1.807) is 19.0 Å². The van der Waals surface area contributed by atoms with Crippen molar-refractivity contribution in [1.29, 1.82) is 0 Å². The number of halogens is 1. The third-order valence-corrected chi connectivity index (χ3v) is 3.91. The van der Waals surface area contributed by atoms with Gasteiger partial charge in [-0.2, -0.15) is 0 Å². The summed E-state index contributed by atoms with van der Waals surface area (Å²) in [6.07, 6.45) is 0. The van der Waals surface area contributed by atoms with Crippen LogP contribution in [0.1, 0.15) is 5.56 Å². The minimum absolute atomic E-state index is 0.0213.